The van der Waals surface area contributed by atoms with Crippen molar-refractivity contribution in [3.63, 3.8) is 0 Å². The van der Waals surface area contributed by atoms with Crippen molar-refractivity contribution < 1.29 is 4.79 Å². The monoisotopic (exact) mass is 263 g/mol. The van der Waals surface area contributed by atoms with Crippen LogP contribution in [0.3, 0.4) is 0 Å². The SMILES string of the molecule is CC(C)N(C)CCNC(=O)[C@H](N)Cc1ccccc1. The van der Waals surface area contributed by atoms with E-state index in [1.54, 1.807) is 0 Å². The van der Waals surface area contributed by atoms with Gasteiger partial charge in [0.25, 0.3) is 0 Å². The van der Waals surface area contributed by atoms with Crippen LogP contribution < -0.4 is 11.1 Å². The first kappa shape index (κ1) is 15.7. The molecule has 0 saturated heterocycles. The summed E-state index contributed by atoms with van der Waals surface area (Å²) < 4.78 is 0. The molecular weight excluding hydrogens is 238 g/mol. The Kier molecular flexibility index (Phi) is 6.53. The third kappa shape index (κ3) is 5.85. The number of rotatable bonds is 7. The van der Waals surface area contributed by atoms with Gasteiger partial charge in [-0.2, -0.15) is 0 Å². The van der Waals surface area contributed by atoms with Crippen molar-refractivity contribution in [1.82, 2.24) is 10.2 Å². The summed E-state index contributed by atoms with van der Waals surface area (Å²) in [7, 11) is 2.04. The Balaban J connectivity index is 2.29. The molecule has 19 heavy (non-hydrogen) atoms. The van der Waals surface area contributed by atoms with Crippen LogP contribution in [-0.4, -0.2) is 43.0 Å². The van der Waals surface area contributed by atoms with Gasteiger partial charge in [0.1, 0.15) is 0 Å². The first-order valence-electron chi connectivity index (χ1n) is 6.78. The number of nitrogens with two attached hydrogens (primary N) is 1. The largest absolute Gasteiger partial charge is 0.353 e. The van der Waals surface area contributed by atoms with Crippen molar-refractivity contribution in [3.8, 4) is 0 Å². The number of nitrogens with zero attached hydrogens (tertiary/aromatic N) is 1. The van der Waals surface area contributed by atoms with E-state index in [4.69, 9.17) is 5.73 Å². The van der Waals surface area contributed by atoms with E-state index < -0.39 is 6.04 Å². The fraction of sp³-hybridized carbons (Fsp3) is 0.533. The molecule has 0 radical (unpaired) electrons. The van der Waals surface area contributed by atoms with E-state index in [-0.39, 0.29) is 5.91 Å². The predicted molar refractivity (Wildman–Crippen MR) is 78.9 cm³/mol. The number of carbonyl (C=O) groups is 1. The molecule has 0 unspecified atom stereocenters. The molecule has 0 bridgehead atoms. The Morgan fingerprint density at radius 2 is 1.95 bits per heavy atom. The quantitative estimate of drug-likeness (QED) is 0.772. The van der Waals surface area contributed by atoms with Gasteiger partial charge < -0.3 is 16.0 Å². The molecule has 4 heteroatoms. The Hall–Kier alpha value is -1.39. The van der Waals surface area contributed by atoms with Gasteiger partial charge in [-0.05, 0) is 32.9 Å². The predicted octanol–water partition coefficient (Wildman–Crippen LogP) is 1.01. The molecule has 1 aromatic carbocycles. The van der Waals surface area contributed by atoms with Crippen molar-refractivity contribution in [2.45, 2.75) is 32.4 Å². The molecule has 4 nitrogen and oxygen atoms in total. The van der Waals surface area contributed by atoms with Crippen LogP contribution in [0.25, 0.3) is 0 Å². The van der Waals surface area contributed by atoms with E-state index in [9.17, 15) is 4.79 Å². The molecular formula is C15H25N3O. The Labute approximate surface area is 116 Å². The number of likely N-dealkylation sites (N-methyl/N-ethyl adjacent to an activating group) is 1. The van der Waals surface area contributed by atoms with Gasteiger partial charge in [0.2, 0.25) is 5.91 Å². The van der Waals surface area contributed by atoms with Crippen molar-refractivity contribution in [2.75, 3.05) is 20.1 Å². The second kappa shape index (κ2) is 7.92. The molecule has 0 fully saturated rings. The van der Waals surface area contributed by atoms with Crippen LogP contribution in [0.2, 0.25) is 0 Å². The highest BCUT2D eigenvalue weighted by atomic mass is 16.2. The molecule has 0 aliphatic rings. The molecule has 0 heterocycles. The number of benzene rings is 1. The van der Waals surface area contributed by atoms with Gasteiger partial charge in [0, 0.05) is 19.1 Å². The lowest BCUT2D eigenvalue weighted by Gasteiger charge is -2.21. The molecule has 1 rings (SSSR count). The Bertz CT molecular complexity index is 378. The van der Waals surface area contributed by atoms with Crippen LogP contribution in [0, 0.1) is 0 Å². The van der Waals surface area contributed by atoms with Crippen LogP contribution in [0.4, 0.5) is 0 Å². The summed E-state index contributed by atoms with van der Waals surface area (Å²) in [6.45, 7) is 5.73. The summed E-state index contributed by atoms with van der Waals surface area (Å²) in [5.41, 5.74) is 6.99. The number of carbonyl (C=O) groups excluding carboxylic acids is 1. The van der Waals surface area contributed by atoms with Gasteiger partial charge in [-0.3, -0.25) is 4.79 Å². The average molecular weight is 263 g/mol. The maximum atomic E-state index is 11.8. The van der Waals surface area contributed by atoms with Crippen molar-refractivity contribution in [1.29, 1.82) is 0 Å². The number of hydrogen-bond donors (Lipinski definition) is 2. The highest BCUT2D eigenvalue weighted by Gasteiger charge is 2.13. The third-order valence-electron chi connectivity index (χ3n) is 3.28. The van der Waals surface area contributed by atoms with Crippen LogP contribution in [0.5, 0.6) is 0 Å². The summed E-state index contributed by atoms with van der Waals surface area (Å²) in [6.07, 6.45) is 0.576. The molecule has 106 valence electrons. The Morgan fingerprint density at radius 1 is 1.32 bits per heavy atom. The molecule has 0 aromatic heterocycles. The van der Waals surface area contributed by atoms with Gasteiger partial charge in [0.15, 0.2) is 0 Å². The Morgan fingerprint density at radius 3 is 2.53 bits per heavy atom. The zero-order valence-corrected chi connectivity index (χ0v) is 12.1. The number of amides is 1. The summed E-state index contributed by atoms with van der Waals surface area (Å²) >= 11 is 0. The minimum atomic E-state index is -0.480. The van der Waals surface area contributed by atoms with E-state index in [1.165, 1.54) is 0 Å². The van der Waals surface area contributed by atoms with Gasteiger partial charge in [-0.1, -0.05) is 30.3 Å². The summed E-state index contributed by atoms with van der Waals surface area (Å²) in [6, 6.07) is 9.84. The van der Waals surface area contributed by atoms with Crippen molar-refractivity contribution >= 4 is 5.91 Å². The normalized spacial score (nSPS) is 12.7. The smallest absolute Gasteiger partial charge is 0.237 e. The number of hydrogen-bond acceptors (Lipinski definition) is 3. The second-order valence-electron chi connectivity index (χ2n) is 5.16. The van der Waals surface area contributed by atoms with Crippen LogP contribution in [-0.2, 0) is 11.2 Å². The standard InChI is InChI=1S/C15H25N3O/c1-12(2)18(3)10-9-17-15(19)14(16)11-13-7-5-4-6-8-13/h4-8,12,14H,9-11,16H2,1-3H3,(H,17,19)/t14-/m1/s1. The maximum absolute atomic E-state index is 11.8. The van der Waals surface area contributed by atoms with E-state index in [1.807, 2.05) is 37.4 Å². The second-order valence-corrected chi connectivity index (χ2v) is 5.16. The van der Waals surface area contributed by atoms with Gasteiger partial charge in [-0.25, -0.2) is 0 Å². The third-order valence-corrected chi connectivity index (χ3v) is 3.28. The first-order chi connectivity index (χ1) is 9.00. The van der Waals surface area contributed by atoms with Crippen LogP contribution in [0.15, 0.2) is 30.3 Å². The van der Waals surface area contributed by atoms with Crippen molar-refractivity contribution in [2.24, 2.45) is 5.73 Å². The highest BCUT2D eigenvalue weighted by molar-refractivity contribution is 5.81. The van der Waals surface area contributed by atoms with Gasteiger partial charge in [0.05, 0.1) is 6.04 Å². The highest BCUT2D eigenvalue weighted by Crippen LogP contribution is 2.01. The minimum absolute atomic E-state index is 0.0824. The maximum Gasteiger partial charge on any atom is 0.237 e. The molecule has 3 N–H and O–H groups in total. The fourth-order valence-electron chi connectivity index (χ4n) is 1.71. The topological polar surface area (TPSA) is 58.4 Å². The lowest BCUT2D eigenvalue weighted by molar-refractivity contribution is -0.122. The molecule has 0 aliphatic carbocycles. The molecule has 1 atom stereocenters. The van der Waals surface area contributed by atoms with Crippen LogP contribution in [0.1, 0.15) is 19.4 Å². The fourth-order valence-corrected chi connectivity index (χ4v) is 1.71. The van der Waals surface area contributed by atoms with E-state index in [0.717, 1.165) is 12.1 Å². The minimum Gasteiger partial charge on any atom is -0.353 e. The molecule has 0 aliphatic heterocycles. The van der Waals surface area contributed by atoms with E-state index >= 15 is 0 Å². The van der Waals surface area contributed by atoms with Crippen molar-refractivity contribution in [3.05, 3.63) is 35.9 Å². The summed E-state index contributed by atoms with van der Waals surface area (Å²) in [4.78, 5) is 14.0. The van der Waals surface area contributed by atoms with E-state index in [0.29, 0.717) is 19.0 Å². The first-order valence-corrected chi connectivity index (χ1v) is 6.78. The summed E-state index contributed by atoms with van der Waals surface area (Å²) in [5, 5.41) is 2.88. The average Bonchev–Trinajstić information content (AvgIpc) is 2.39. The lowest BCUT2D eigenvalue weighted by atomic mass is 10.1. The van der Waals surface area contributed by atoms with Gasteiger partial charge in [-0.15, -0.1) is 0 Å². The van der Waals surface area contributed by atoms with Crippen LogP contribution >= 0.6 is 0 Å². The summed E-state index contributed by atoms with van der Waals surface area (Å²) in [5.74, 6) is -0.0824. The lowest BCUT2D eigenvalue weighted by Crippen LogP contribution is -2.44. The van der Waals surface area contributed by atoms with Gasteiger partial charge >= 0.3 is 0 Å². The zero-order valence-electron chi connectivity index (χ0n) is 12.1. The molecule has 0 saturated carbocycles. The zero-order chi connectivity index (χ0) is 14.3. The van der Waals surface area contributed by atoms with E-state index in [2.05, 4.69) is 24.1 Å². The molecule has 0 spiro atoms. The molecule has 1 amide bonds. The number of nitrogens with one attached hydrogen (secondary N) is 1. The molecule has 1 aromatic rings.